The zero-order chi connectivity index (χ0) is 20.4. The number of para-hydroxylation sites is 1. The van der Waals surface area contributed by atoms with Crippen molar-refractivity contribution in [3.05, 3.63) is 48.5 Å². The average molecular weight is 403 g/mol. The van der Waals surface area contributed by atoms with Crippen LogP contribution in [0.25, 0.3) is 0 Å². The van der Waals surface area contributed by atoms with E-state index in [0.29, 0.717) is 30.8 Å². The maximum Gasteiger partial charge on any atom is 0.586 e. The molecule has 9 heteroatoms. The predicted octanol–water partition coefficient (Wildman–Crippen LogP) is 3.89. The van der Waals surface area contributed by atoms with E-state index in [4.69, 9.17) is 0 Å². The van der Waals surface area contributed by atoms with Gasteiger partial charge in [-0.25, -0.2) is 4.79 Å². The van der Waals surface area contributed by atoms with Crippen LogP contribution in [0.15, 0.2) is 48.5 Å². The van der Waals surface area contributed by atoms with Crippen molar-refractivity contribution in [3.8, 4) is 11.5 Å². The molecule has 1 fully saturated rings. The molecule has 2 aromatic carbocycles. The van der Waals surface area contributed by atoms with Crippen LogP contribution >= 0.6 is 0 Å². The first-order valence-corrected chi connectivity index (χ1v) is 9.21. The molecule has 0 bridgehead atoms. The Labute approximate surface area is 165 Å². The minimum absolute atomic E-state index is 0.0885. The fourth-order valence-corrected chi connectivity index (χ4v) is 3.37. The summed E-state index contributed by atoms with van der Waals surface area (Å²) in [5.41, 5.74) is 1.00. The number of fused-ring (bicyclic) bond motifs is 1. The van der Waals surface area contributed by atoms with E-state index < -0.39 is 12.2 Å². The van der Waals surface area contributed by atoms with Crippen LogP contribution in [0.5, 0.6) is 11.5 Å². The third kappa shape index (κ3) is 4.39. The SMILES string of the molecule is O=C(Nc1ccc2c(c1)OC(F)(F)O2)[C@H]1CCCN(C(=O)Nc2ccccc2)C1. The average Bonchev–Trinajstić information content (AvgIpc) is 3.02. The number of piperidine rings is 1. The van der Waals surface area contributed by atoms with Gasteiger partial charge in [0.25, 0.3) is 0 Å². The standard InChI is InChI=1S/C20H19F2N3O4/c21-20(22)28-16-9-8-15(11-17(16)29-20)23-18(26)13-5-4-10-25(12-13)19(27)24-14-6-2-1-3-7-14/h1-3,6-9,11,13H,4-5,10,12H2,(H,23,26)(H,24,27)/t13-/m0/s1. The number of carbonyl (C=O) groups excluding carboxylic acids is 2. The van der Waals surface area contributed by atoms with Crippen LogP contribution in [0.2, 0.25) is 0 Å². The summed E-state index contributed by atoms with van der Waals surface area (Å²) in [6, 6.07) is 12.9. The van der Waals surface area contributed by atoms with Gasteiger partial charge in [0.1, 0.15) is 0 Å². The summed E-state index contributed by atoms with van der Waals surface area (Å²) in [6.07, 6.45) is -2.39. The monoisotopic (exact) mass is 403 g/mol. The molecule has 0 aromatic heterocycles. The third-order valence-corrected chi connectivity index (χ3v) is 4.77. The smallest absolute Gasteiger partial charge is 0.395 e. The first-order chi connectivity index (χ1) is 13.9. The Balaban J connectivity index is 1.36. The van der Waals surface area contributed by atoms with Gasteiger partial charge < -0.3 is 25.0 Å². The van der Waals surface area contributed by atoms with E-state index >= 15 is 0 Å². The molecule has 2 aliphatic rings. The second-order valence-corrected chi connectivity index (χ2v) is 6.90. The maximum absolute atomic E-state index is 13.1. The summed E-state index contributed by atoms with van der Waals surface area (Å²) in [5, 5.41) is 5.51. The van der Waals surface area contributed by atoms with Crippen LogP contribution in [-0.2, 0) is 4.79 Å². The second kappa shape index (κ2) is 7.57. The number of anilines is 2. The van der Waals surface area contributed by atoms with Crippen LogP contribution in [0.1, 0.15) is 12.8 Å². The molecule has 2 N–H and O–H groups in total. The fraction of sp³-hybridized carbons (Fsp3) is 0.300. The lowest BCUT2D eigenvalue weighted by molar-refractivity contribution is -0.286. The Morgan fingerprint density at radius 2 is 1.76 bits per heavy atom. The van der Waals surface area contributed by atoms with Crippen LogP contribution in [0.4, 0.5) is 25.0 Å². The number of alkyl halides is 2. The fourth-order valence-electron chi connectivity index (χ4n) is 3.37. The molecule has 0 saturated carbocycles. The van der Waals surface area contributed by atoms with Gasteiger partial charge in [-0.3, -0.25) is 4.79 Å². The molecular formula is C20H19F2N3O4. The Morgan fingerprint density at radius 1 is 1.00 bits per heavy atom. The van der Waals surface area contributed by atoms with E-state index in [0.717, 1.165) is 0 Å². The zero-order valence-electron chi connectivity index (χ0n) is 15.4. The molecule has 4 rings (SSSR count). The van der Waals surface area contributed by atoms with Crippen LogP contribution in [0.3, 0.4) is 0 Å². The number of nitrogens with one attached hydrogen (secondary N) is 2. The normalized spacial score (nSPS) is 19.5. The number of hydrogen-bond acceptors (Lipinski definition) is 4. The molecule has 3 amide bonds. The van der Waals surface area contributed by atoms with Gasteiger partial charge in [-0.05, 0) is 37.1 Å². The van der Waals surface area contributed by atoms with Gasteiger partial charge in [0.05, 0.1) is 5.92 Å². The molecule has 152 valence electrons. The summed E-state index contributed by atoms with van der Waals surface area (Å²) >= 11 is 0. The molecule has 0 unspecified atom stereocenters. The predicted molar refractivity (Wildman–Crippen MR) is 101 cm³/mol. The lowest BCUT2D eigenvalue weighted by Crippen LogP contribution is -2.45. The van der Waals surface area contributed by atoms with E-state index in [1.54, 1.807) is 17.0 Å². The minimum atomic E-state index is -3.71. The minimum Gasteiger partial charge on any atom is -0.395 e. The van der Waals surface area contributed by atoms with E-state index in [9.17, 15) is 18.4 Å². The van der Waals surface area contributed by atoms with Gasteiger partial charge in [0.2, 0.25) is 5.91 Å². The first kappa shape index (κ1) is 19.0. The summed E-state index contributed by atoms with van der Waals surface area (Å²) in [4.78, 5) is 26.7. The van der Waals surface area contributed by atoms with Crippen molar-refractivity contribution < 1.29 is 27.8 Å². The van der Waals surface area contributed by atoms with E-state index in [2.05, 4.69) is 20.1 Å². The largest absolute Gasteiger partial charge is 0.586 e. The topological polar surface area (TPSA) is 79.9 Å². The molecule has 0 aliphatic carbocycles. The Morgan fingerprint density at radius 3 is 2.55 bits per heavy atom. The number of ether oxygens (including phenoxy) is 2. The van der Waals surface area contributed by atoms with Crippen molar-refractivity contribution in [2.75, 3.05) is 23.7 Å². The lowest BCUT2D eigenvalue weighted by atomic mass is 9.97. The molecule has 2 aliphatic heterocycles. The number of urea groups is 1. The van der Waals surface area contributed by atoms with Crippen molar-refractivity contribution in [3.63, 3.8) is 0 Å². The van der Waals surface area contributed by atoms with Crippen LogP contribution in [0, 0.1) is 5.92 Å². The highest BCUT2D eigenvalue weighted by atomic mass is 19.3. The maximum atomic E-state index is 13.1. The highest BCUT2D eigenvalue weighted by molar-refractivity contribution is 5.94. The van der Waals surface area contributed by atoms with Gasteiger partial charge in [0, 0.05) is 30.5 Å². The molecule has 7 nitrogen and oxygen atoms in total. The van der Waals surface area contributed by atoms with Crippen molar-refractivity contribution >= 4 is 23.3 Å². The van der Waals surface area contributed by atoms with Gasteiger partial charge in [-0.2, -0.15) is 0 Å². The van der Waals surface area contributed by atoms with Crippen molar-refractivity contribution in [2.45, 2.75) is 19.1 Å². The molecule has 0 spiro atoms. The summed E-state index contributed by atoms with van der Waals surface area (Å²) in [5.74, 6) is -0.917. The molecule has 1 atom stereocenters. The molecule has 1 saturated heterocycles. The number of nitrogens with zero attached hydrogens (tertiary/aromatic N) is 1. The number of benzene rings is 2. The number of rotatable bonds is 3. The van der Waals surface area contributed by atoms with Crippen LogP contribution < -0.4 is 20.1 Å². The lowest BCUT2D eigenvalue weighted by Gasteiger charge is -2.32. The first-order valence-electron chi connectivity index (χ1n) is 9.21. The van der Waals surface area contributed by atoms with Crippen molar-refractivity contribution in [2.24, 2.45) is 5.92 Å². The van der Waals surface area contributed by atoms with Gasteiger partial charge in [0.15, 0.2) is 11.5 Å². The van der Waals surface area contributed by atoms with E-state index in [-0.39, 0.29) is 30.0 Å². The molecule has 29 heavy (non-hydrogen) atoms. The van der Waals surface area contributed by atoms with Gasteiger partial charge in [-0.1, -0.05) is 18.2 Å². The molecule has 2 heterocycles. The highest BCUT2D eigenvalue weighted by Crippen LogP contribution is 2.42. The molecule has 0 radical (unpaired) electrons. The molecule has 2 aromatic rings. The summed E-state index contributed by atoms with van der Waals surface area (Å²) in [6.45, 7) is 0.828. The number of likely N-dealkylation sites (tertiary alicyclic amines) is 1. The van der Waals surface area contributed by atoms with E-state index in [1.165, 1.54) is 18.2 Å². The number of carbonyl (C=O) groups is 2. The summed E-state index contributed by atoms with van der Waals surface area (Å²) in [7, 11) is 0. The number of hydrogen-bond donors (Lipinski definition) is 2. The Bertz CT molecular complexity index is 923. The number of halogens is 2. The Hall–Kier alpha value is -3.36. The van der Waals surface area contributed by atoms with Crippen molar-refractivity contribution in [1.82, 2.24) is 4.90 Å². The quantitative estimate of drug-likeness (QED) is 0.815. The highest BCUT2D eigenvalue weighted by Gasteiger charge is 2.43. The van der Waals surface area contributed by atoms with Crippen LogP contribution in [-0.4, -0.2) is 36.2 Å². The zero-order valence-corrected chi connectivity index (χ0v) is 15.4. The van der Waals surface area contributed by atoms with E-state index in [1.807, 2.05) is 18.2 Å². The summed E-state index contributed by atoms with van der Waals surface area (Å²) < 4.78 is 35.0. The van der Waals surface area contributed by atoms with Crippen molar-refractivity contribution in [1.29, 1.82) is 0 Å². The number of amides is 3. The third-order valence-electron chi connectivity index (χ3n) is 4.77. The second-order valence-electron chi connectivity index (χ2n) is 6.90. The Kier molecular flexibility index (Phi) is 4.96. The van der Waals surface area contributed by atoms with Gasteiger partial charge >= 0.3 is 12.3 Å². The molecular weight excluding hydrogens is 384 g/mol. The van der Waals surface area contributed by atoms with Gasteiger partial charge in [-0.15, -0.1) is 8.78 Å².